The first-order valence-corrected chi connectivity index (χ1v) is 7.91. The highest BCUT2D eigenvalue weighted by molar-refractivity contribution is 5.89. The fraction of sp³-hybridized carbons (Fsp3) is 0.250. The van der Waals surface area contributed by atoms with Gasteiger partial charge in [-0.3, -0.25) is 0 Å². The Morgan fingerprint density at radius 2 is 1.87 bits per heavy atom. The average molecular weight is 310 g/mol. The van der Waals surface area contributed by atoms with Crippen molar-refractivity contribution in [1.29, 1.82) is 0 Å². The molecule has 0 radical (unpaired) electrons. The molecule has 23 heavy (non-hydrogen) atoms. The molecule has 3 nitrogen and oxygen atoms in total. The second-order valence-electron chi connectivity index (χ2n) is 5.34. The van der Waals surface area contributed by atoms with Crippen molar-refractivity contribution in [2.45, 2.75) is 33.1 Å². The molecule has 0 N–H and O–H groups in total. The van der Waals surface area contributed by atoms with Crippen molar-refractivity contribution in [3.8, 4) is 5.75 Å². The molecule has 0 aliphatic carbocycles. The monoisotopic (exact) mass is 310 g/mol. The Kier molecular flexibility index (Phi) is 6.42. The first-order valence-electron chi connectivity index (χ1n) is 7.91. The largest absolute Gasteiger partial charge is 0.426 e. The minimum Gasteiger partial charge on any atom is -0.426 e. The number of carbonyl (C=O) groups excluding carboxylic acids is 1. The van der Waals surface area contributed by atoms with E-state index in [0.29, 0.717) is 11.3 Å². The van der Waals surface area contributed by atoms with E-state index in [2.05, 4.69) is 6.92 Å². The summed E-state index contributed by atoms with van der Waals surface area (Å²) >= 11 is 0. The molecule has 0 bridgehead atoms. The molecule has 0 heterocycles. The Balaban J connectivity index is 2.11. The van der Waals surface area contributed by atoms with Crippen LogP contribution in [0.4, 0.5) is 0 Å². The van der Waals surface area contributed by atoms with Gasteiger partial charge in [0.15, 0.2) is 0 Å². The molecule has 2 rings (SSSR count). The molecule has 0 saturated carbocycles. The van der Waals surface area contributed by atoms with Crippen LogP contribution in [-0.2, 0) is 4.74 Å². The summed E-state index contributed by atoms with van der Waals surface area (Å²) in [5.41, 5.74) is 1.59. The van der Waals surface area contributed by atoms with Crippen molar-refractivity contribution in [1.82, 2.24) is 0 Å². The van der Waals surface area contributed by atoms with Crippen LogP contribution in [0.15, 0.2) is 66.6 Å². The lowest BCUT2D eigenvalue weighted by Gasteiger charge is -2.11. The number of esters is 1. The van der Waals surface area contributed by atoms with E-state index in [-0.39, 0.29) is 5.95 Å². The number of ether oxygens (including phenoxy) is 2. The lowest BCUT2D eigenvalue weighted by atomic mass is 10.2. The van der Waals surface area contributed by atoms with Gasteiger partial charge in [0.05, 0.1) is 5.56 Å². The third-order valence-electron chi connectivity index (χ3n) is 3.28. The predicted octanol–water partition coefficient (Wildman–Crippen LogP) is 5.26. The van der Waals surface area contributed by atoms with Crippen LogP contribution in [-0.4, -0.2) is 5.97 Å². The van der Waals surface area contributed by atoms with Gasteiger partial charge in [-0.15, -0.1) is 0 Å². The van der Waals surface area contributed by atoms with E-state index in [4.69, 9.17) is 9.47 Å². The van der Waals surface area contributed by atoms with E-state index in [9.17, 15) is 4.79 Å². The first-order chi connectivity index (χ1) is 11.2. The second kappa shape index (κ2) is 8.79. The Bertz CT molecular complexity index is 660. The number of aryl methyl sites for hydroxylation is 1. The van der Waals surface area contributed by atoms with E-state index >= 15 is 0 Å². The summed E-state index contributed by atoms with van der Waals surface area (Å²) in [4.78, 5) is 12.2. The van der Waals surface area contributed by atoms with Crippen LogP contribution < -0.4 is 4.74 Å². The maximum absolute atomic E-state index is 12.2. The Labute approximate surface area is 137 Å². The molecule has 2 aromatic carbocycles. The molecule has 0 aromatic heterocycles. The van der Waals surface area contributed by atoms with Gasteiger partial charge in [-0.1, -0.05) is 43.7 Å². The van der Waals surface area contributed by atoms with Gasteiger partial charge in [0.2, 0.25) is 0 Å². The van der Waals surface area contributed by atoms with E-state index in [1.165, 1.54) is 0 Å². The summed E-state index contributed by atoms with van der Waals surface area (Å²) < 4.78 is 11.2. The number of rotatable bonds is 7. The number of hydrogen-bond donors (Lipinski definition) is 0. The van der Waals surface area contributed by atoms with Gasteiger partial charge in [0.1, 0.15) is 5.75 Å². The van der Waals surface area contributed by atoms with Crippen molar-refractivity contribution >= 4 is 5.97 Å². The van der Waals surface area contributed by atoms with Crippen LogP contribution in [0.3, 0.4) is 0 Å². The lowest BCUT2D eigenvalue weighted by molar-refractivity contribution is 0.0474. The fourth-order valence-corrected chi connectivity index (χ4v) is 2.05. The fourth-order valence-electron chi connectivity index (χ4n) is 2.05. The highest BCUT2D eigenvalue weighted by Gasteiger charge is 2.11. The SMILES string of the molecule is CCCC/C=C(\OC(=O)c1ccccc1)Oc1cccc(C)c1. The summed E-state index contributed by atoms with van der Waals surface area (Å²) in [5.74, 6) is 0.479. The second-order valence-corrected chi connectivity index (χ2v) is 5.34. The molecule has 0 aliphatic rings. The van der Waals surface area contributed by atoms with Gasteiger partial charge in [-0.2, -0.15) is 0 Å². The zero-order valence-electron chi connectivity index (χ0n) is 13.6. The number of benzene rings is 2. The van der Waals surface area contributed by atoms with Gasteiger partial charge < -0.3 is 9.47 Å². The van der Waals surface area contributed by atoms with E-state index in [1.807, 2.05) is 43.3 Å². The molecule has 0 fully saturated rings. The van der Waals surface area contributed by atoms with Crippen LogP contribution in [0.5, 0.6) is 5.75 Å². The van der Waals surface area contributed by atoms with Gasteiger partial charge in [-0.25, -0.2) is 4.79 Å². The predicted molar refractivity (Wildman–Crippen MR) is 91.3 cm³/mol. The van der Waals surface area contributed by atoms with Crippen molar-refractivity contribution < 1.29 is 14.3 Å². The quantitative estimate of drug-likeness (QED) is 0.397. The summed E-state index contributed by atoms with van der Waals surface area (Å²) in [7, 11) is 0. The molecular formula is C20H22O3. The zero-order valence-corrected chi connectivity index (χ0v) is 13.6. The van der Waals surface area contributed by atoms with Crippen LogP contribution >= 0.6 is 0 Å². The molecular weight excluding hydrogens is 288 g/mol. The number of allylic oxidation sites excluding steroid dienone is 1. The van der Waals surface area contributed by atoms with E-state index in [0.717, 1.165) is 24.8 Å². The van der Waals surface area contributed by atoms with E-state index < -0.39 is 5.97 Å². The Hall–Kier alpha value is -2.55. The molecule has 3 heteroatoms. The summed E-state index contributed by atoms with van der Waals surface area (Å²) in [5, 5.41) is 0. The maximum Gasteiger partial charge on any atom is 0.345 e. The summed E-state index contributed by atoms with van der Waals surface area (Å²) in [6, 6.07) is 16.6. The third-order valence-corrected chi connectivity index (χ3v) is 3.28. The van der Waals surface area contributed by atoms with Gasteiger partial charge in [0, 0.05) is 0 Å². The van der Waals surface area contributed by atoms with Gasteiger partial charge in [0.25, 0.3) is 5.95 Å². The van der Waals surface area contributed by atoms with Gasteiger partial charge >= 0.3 is 5.97 Å². The molecule has 0 amide bonds. The first kappa shape index (κ1) is 16.8. The maximum atomic E-state index is 12.2. The van der Waals surface area contributed by atoms with Gasteiger partial charge in [-0.05, 0) is 55.7 Å². The zero-order chi connectivity index (χ0) is 16.5. The van der Waals surface area contributed by atoms with Crippen molar-refractivity contribution in [2.75, 3.05) is 0 Å². The van der Waals surface area contributed by atoms with Crippen LogP contribution in [0.25, 0.3) is 0 Å². The molecule has 2 aromatic rings. The molecule has 0 spiro atoms. The van der Waals surface area contributed by atoms with Crippen LogP contribution in [0.2, 0.25) is 0 Å². The standard InChI is InChI=1S/C20H22O3/c1-3-4-6-14-19(22-18-13-9-10-16(2)15-18)23-20(21)17-11-7-5-8-12-17/h5,7-15H,3-4,6H2,1-2H3/b19-14-. The molecule has 120 valence electrons. The number of hydrogen-bond acceptors (Lipinski definition) is 3. The molecule has 0 atom stereocenters. The van der Waals surface area contributed by atoms with Crippen molar-refractivity contribution in [3.05, 3.63) is 77.7 Å². The summed E-state index contributed by atoms with van der Waals surface area (Å²) in [6.45, 7) is 4.11. The number of carbonyl (C=O) groups is 1. The Morgan fingerprint density at radius 1 is 1.09 bits per heavy atom. The topological polar surface area (TPSA) is 35.5 Å². The highest BCUT2D eigenvalue weighted by atomic mass is 16.7. The molecule has 0 saturated heterocycles. The minimum atomic E-state index is -0.416. The normalized spacial score (nSPS) is 11.1. The van der Waals surface area contributed by atoms with Crippen molar-refractivity contribution in [3.63, 3.8) is 0 Å². The van der Waals surface area contributed by atoms with Crippen LogP contribution in [0.1, 0.15) is 42.1 Å². The third kappa shape index (κ3) is 5.62. The lowest BCUT2D eigenvalue weighted by Crippen LogP contribution is -2.09. The highest BCUT2D eigenvalue weighted by Crippen LogP contribution is 2.18. The smallest absolute Gasteiger partial charge is 0.345 e. The Morgan fingerprint density at radius 3 is 2.57 bits per heavy atom. The number of unbranched alkanes of at least 4 members (excludes halogenated alkanes) is 2. The average Bonchev–Trinajstić information content (AvgIpc) is 2.56. The van der Waals surface area contributed by atoms with Crippen LogP contribution in [0, 0.1) is 6.92 Å². The van der Waals surface area contributed by atoms with Crippen molar-refractivity contribution in [2.24, 2.45) is 0 Å². The van der Waals surface area contributed by atoms with E-state index in [1.54, 1.807) is 24.3 Å². The molecule has 0 unspecified atom stereocenters. The molecule has 0 aliphatic heterocycles. The minimum absolute atomic E-state index is 0.234. The summed E-state index contributed by atoms with van der Waals surface area (Å²) in [6.07, 6.45) is 4.72.